The smallest absolute Gasteiger partial charge is 0.349 e. The fraction of sp³-hybridized carbons (Fsp3) is 0.200. The van der Waals surface area contributed by atoms with Crippen LogP contribution in [-0.2, 0) is 9.53 Å². The molecule has 0 aliphatic heterocycles. The maximum atomic E-state index is 12.4. The maximum absolute atomic E-state index is 12.4. The standard InChI is InChI=1S/C20H17NO4/c21-12-16(10-13-6-9-17(22)18(23)11-13)20(24)25-19(15-7-8-15)14-4-2-1-3-5-14/h1-6,9-11,15,19,22-23H,7-8H2/t19-/m1/s1. The summed E-state index contributed by atoms with van der Waals surface area (Å²) in [4.78, 5) is 12.4. The second kappa shape index (κ2) is 7.10. The number of hydrogen-bond acceptors (Lipinski definition) is 5. The second-order valence-electron chi connectivity index (χ2n) is 5.99. The van der Waals surface area contributed by atoms with Gasteiger partial charge >= 0.3 is 5.97 Å². The highest BCUT2D eigenvalue weighted by molar-refractivity contribution is 5.98. The van der Waals surface area contributed by atoms with Crippen molar-refractivity contribution < 1.29 is 19.7 Å². The number of benzene rings is 2. The molecule has 0 unspecified atom stereocenters. The van der Waals surface area contributed by atoms with E-state index in [1.807, 2.05) is 36.4 Å². The Kier molecular flexibility index (Phi) is 4.71. The van der Waals surface area contributed by atoms with Gasteiger partial charge in [-0.25, -0.2) is 4.79 Å². The van der Waals surface area contributed by atoms with Crippen LogP contribution in [0.25, 0.3) is 6.08 Å². The Hall–Kier alpha value is -3.26. The van der Waals surface area contributed by atoms with Crippen molar-refractivity contribution in [2.75, 3.05) is 0 Å². The Labute approximate surface area is 145 Å². The van der Waals surface area contributed by atoms with Crippen LogP contribution in [0, 0.1) is 17.2 Å². The summed E-state index contributed by atoms with van der Waals surface area (Å²) in [6.45, 7) is 0. The van der Waals surface area contributed by atoms with Crippen LogP contribution >= 0.6 is 0 Å². The average molecular weight is 335 g/mol. The lowest BCUT2D eigenvalue weighted by Crippen LogP contribution is -2.14. The molecule has 1 saturated carbocycles. The van der Waals surface area contributed by atoms with Crippen LogP contribution in [0.2, 0.25) is 0 Å². The quantitative estimate of drug-likeness (QED) is 0.376. The molecule has 25 heavy (non-hydrogen) atoms. The van der Waals surface area contributed by atoms with Crippen LogP contribution in [0.1, 0.15) is 30.1 Å². The van der Waals surface area contributed by atoms with E-state index >= 15 is 0 Å². The lowest BCUT2D eigenvalue weighted by molar-refractivity contribution is -0.145. The first kappa shape index (κ1) is 16.6. The van der Waals surface area contributed by atoms with E-state index in [4.69, 9.17) is 4.74 Å². The van der Waals surface area contributed by atoms with Crippen LogP contribution in [0.4, 0.5) is 0 Å². The van der Waals surface area contributed by atoms with Crippen molar-refractivity contribution in [2.45, 2.75) is 18.9 Å². The first-order valence-electron chi connectivity index (χ1n) is 7.98. The lowest BCUT2D eigenvalue weighted by atomic mass is 10.1. The highest BCUT2D eigenvalue weighted by Crippen LogP contribution is 2.43. The summed E-state index contributed by atoms with van der Waals surface area (Å²) >= 11 is 0. The minimum atomic E-state index is -0.698. The molecule has 0 aromatic heterocycles. The first-order valence-corrected chi connectivity index (χ1v) is 7.98. The van der Waals surface area contributed by atoms with Crippen molar-refractivity contribution in [3.8, 4) is 17.6 Å². The number of phenolic OH excluding ortho intramolecular Hbond substituents is 2. The van der Waals surface area contributed by atoms with Gasteiger partial charge in [-0.2, -0.15) is 5.26 Å². The van der Waals surface area contributed by atoms with E-state index in [2.05, 4.69) is 0 Å². The SMILES string of the molecule is N#CC(=Cc1ccc(O)c(O)c1)C(=O)O[C@H](c1ccccc1)C1CC1. The fourth-order valence-electron chi connectivity index (χ4n) is 2.59. The van der Waals surface area contributed by atoms with Crippen molar-refractivity contribution in [3.05, 3.63) is 65.2 Å². The van der Waals surface area contributed by atoms with Gasteiger partial charge in [0, 0.05) is 5.92 Å². The van der Waals surface area contributed by atoms with E-state index in [-0.39, 0.29) is 29.1 Å². The monoisotopic (exact) mass is 335 g/mol. The summed E-state index contributed by atoms with van der Waals surface area (Å²) in [6, 6.07) is 15.4. The highest BCUT2D eigenvalue weighted by Gasteiger charge is 2.35. The molecule has 0 radical (unpaired) electrons. The molecule has 0 spiro atoms. The molecule has 3 rings (SSSR count). The fourth-order valence-corrected chi connectivity index (χ4v) is 2.59. The molecule has 5 heteroatoms. The highest BCUT2D eigenvalue weighted by atomic mass is 16.5. The van der Waals surface area contributed by atoms with Crippen LogP contribution in [0.5, 0.6) is 11.5 Å². The minimum absolute atomic E-state index is 0.160. The molecule has 0 heterocycles. The van der Waals surface area contributed by atoms with Gasteiger partial charge in [0.1, 0.15) is 17.7 Å². The zero-order chi connectivity index (χ0) is 17.8. The van der Waals surface area contributed by atoms with E-state index < -0.39 is 5.97 Å². The van der Waals surface area contributed by atoms with Gasteiger partial charge in [-0.15, -0.1) is 0 Å². The molecule has 0 saturated heterocycles. The van der Waals surface area contributed by atoms with Gasteiger partial charge < -0.3 is 14.9 Å². The summed E-state index contributed by atoms with van der Waals surface area (Å²) in [6.07, 6.45) is 2.95. The number of aromatic hydroxyl groups is 2. The number of nitriles is 1. The molecule has 0 bridgehead atoms. The third-order valence-corrected chi connectivity index (χ3v) is 4.06. The Morgan fingerprint density at radius 2 is 1.88 bits per heavy atom. The molecule has 1 aliphatic rings. The number of nitrogens with zero attached hydrogens (tertiary/aromatic N) is 1. The molecule has 5 nitrogen and oxygen atoms in total. The van der Waals surface area contributed by atoms with Gasteiger partial charge in [0.25, 0.3) is 0 Å². The van der Waals surface area contributed by atoms with Gasteiger partial charge in [-0.1, -0.05) is 36.4 Å². The van der Waals surface area contributed by atoms with Gasteiger partial charge in [0.2, 0.25) is 0 Å². The van der Waals surface area contributed by atoms with Crippen molar-refractivity contribution in [2.24, 2.45) is 5.92 Å². The zero-order valence-electron chi connectivity index (χ0n) is 13.4. The molecule has 2 N–H and O–H groups in total. The number of rotatable bonds is 5. The number of carbonyl (C=O) groups is 1. The second-order valence-corrected chi connectivity index (χ2v) is 5.99. The molecular weight excluding hydrogens is 318 g/mol. The third kappa shape index (κ3) is 3.99. The van der Waals surface area contributed by atoms with Gasteiger partial charge in [-0.3, -0.25) is 0 Å². The molecule has 1 aliphatic carbocycles. The van der Waals surface area contributed by atoms with Crippen molar-refractivity contribution in [1.29, 1.82) is 5.26 Å². The largest absolute Gasteiger partial charge is 0.504 e. The summed E-state index contributed by atoms with van der Waals surface area (Å²) in [5.74, 6) is -1.00. The molecule has 2 aromatic carbocycles. The molecule has 0 amide bonds. The van der Waals surface area contributed by atoms with E-state index in [1.165, 1.54) is 24.3 Å². The summed E-state index contributed by atoms with van der Waals surface area (Å²) in [5, 5.41) is 28.1. The first-order chi connectivity index (χ1) is 12.1. The number of phenols is 2. The predicted molar refractivity (Wildman–Crippen MR) is 91.4 cm³/mol. The maximum Gasteiger partial charge on any atom is 0.349 e. The van der Waals surface area contributed by atoms with Crippen molar-refractivity contribution >= 4 is 12.0 Å². The zero-order valence-corrected chi connectivity index (χ0v) is 13.4. The third-order valence-electron chi connectivity index (χ3n) is 4.06. The van der Waals surface area contributed by atoms with Crippen LogP contribution < -0.4 is 0 Å². The Bertz CT molecular complexity index is 848. The number of hydrogen-bond donors (Lipinski definition) is 2. The Morgan fingerprint density at radius 3 is 2.48 bits per heavy atom. The van der Waals surface area contributed by atoms with Gasteiger partial charge in [0.05, 0.1) is 0 Å². The van der Waals surface area contributed by atoms with Crippen molar-refractivity contribution in [3.63, 3.8) is 0 Å². The van der Waals surface area contributed by atoms with E-state index in [0.717, 1.165) is 18.4 Å². The van der Waals surface area contributed by atoms with E-state index in [9.17, 15) is 20.3 Å². The minimum Gasteiger partial charge on any atom is -0.504 e. The molecule has 1 atom stereocenters. The van der Waals surface area contributed by atoms with Crippen LogP contribution in [0.3, 0.4) is 0 Å². The van der Waals surface area contributed by atoms with Gasteiger partial charge in [-0.05, 0) is 42.2 Å². The lowest BCUT2D eigenvalue weighted by Gasteiger charge is -2.17. The van der Waals surface area contributed by atoms with Crippen LogP contribution in [0.15, 0.2) is 54.1 Å². The van der Waals surface area contributed by atoms with E-state index in [0.29, 0.717) is 5.56 Å². The number of ether oxygens (including phenoxy) is 1. The number of esters is 1. The van der Waals surface area contributed by atoms with Crippen LogP contribution in [-0.4, -0.2) is 16.2 Å². The normalized spacial score (nSPS) is 15.2. The molecule has 126 valence electrons. The predicted octanol–water partition coefficient (Wildman–Crippen LogP) is 3.70. The summed E-state index contributed by atoms with van der Waals surface area (Å²) in [7, 11) is 0. The summed E-state index contributed by atoms with van der Waals surface area (Å²) in [5.41, 5.74) is 1.18. The van der Waals surface area contributed by atoms with E-state index in [1.54, 1.807) is 0 Å². The van der Waals surface area contributed by atoms with Gasteiger partial charge in [0.15, 0.2) is 11.5 Å². The average Bonchev–Trinajstić information content (AvgIpc) is 3.46. The Morgan fingerprint density at radius 1 is 1.16 bits per heavy atom. The number of carbonyl (C=O) groups excluding carboxylic acids is 1. The summed E-state index contributed by atoms with van der Waals surface area (Å²) < 4.78 is 5.60. The van der Waals surface area contributed by atoms with Crippen molar-refractivity contribution in [1.82, 2.24) is 0 Å². The molecule has 2 aromatic rings. The molecule has 1 fully saturated rings. The molecular formula is C20H17NO4. The Balaban J connectivity index is 1.81. The topological polar surface area (TPSA) is 90.5 Å².